The molecule has 1 aromatic carbocycles. The number of carbonyl (C=O) groups excluding carboxylic acids is 4. The smallest absolute Gasteiger partial charge is 0.335 e. The Bertz CT molecular complexity index is 840. The molecule has 0 unspecified atom stereocenters. The summed E-state index contributed by atoms with van der Waals surface area (Å²) < 4.78 is 18.5. The van der Waals surface area contributed by atoms with Crippen molar-refractivity contribution in [1.29, 1.82) is 0 Å². The van der Waals surface area contributed by atoms with Crippen LogP contribution in [0.25, 0.3) is 0 Å². The van der Waals surface area contributed by atoms with E-state index >= 15 is 0 Å². The minimum atomic E-state index is -1.06. The number of aromatic carboxylic acids is 2. The number of unbranched alkanes of at least 4 members (excludes halogenated alkanes) is 2. The van der Waals surface area contributed by atoms with Crippen LogP contribution in [0.4, 0.5) is 0 Å². The van der Waals surface area contributed by atoms with Crippen molar-refractivity contribution in [3.05, 3.63) is 35.4 Å². The second-order valence-electron chi connectivity index (χ2n) is 8.38. The Labute approximate surface area is 254 Å². The number of carboxylic acid groups (broad SMARTS) is 2. The van der Waals surface area contributed by atoms with Gasteiger partial charge >= 0.3 is 35.8 Å². The molecule has 0 aliphatic rings. The second-order valence-corrected chi connectivity index (χ2v) is 8.38. The quantitative estimate of drug-likeness (QED) is 0.0640. The molecule has 0 bridgehead atoms. The van der Waals surface area contributed by atoms with E-state index in [0.717, 1.165) is 0 Å². The van der Waals surface area contributed by atoms with E-state index in [4.69, 9.17) is 30.6 Å². The summed E-state index contributed by atoms with van der Waals surface area (Å²) in [6, 6.07) is 5.02. The number of aliphatic hydroxyl groups excluding tert-OH is 4. The molecule has 16 heteroatoms. The zero-order chi connectivity index (χ0) is 33.6. The van der Waals surface area contributed by atoms with Crippen LogP contribution in [0.1, 0.15) is 72.1 Å². The predicted molar refractivity (Wildman–Crippen MR) is 149 cm³/mol. The number of esters is 4. The monoisotopic (exact) mass is 634 g/mol. The van der Waals surface area contributed by atoms with Crippen LogP contribution in [0.3, 0.4) is 0 Å². The van der Waals surface area contributed by atoms with Crippen LogP contribution >= 0.6 is 0 Å². The molecule has 0 radical (unpaired) electrons. The minimum absolute atomic E-state index is 0.0113. The molecule has 0 aliphatic heterocycles. The normalized spacial score (nSPS) is 9.73. The summed E-state index contributed by atoms with van der Waals surface area (Å²) >= 11 is 0. The van der Waals surface area contributed by atoms with E-state index in [0.29, 0.717) is 25.7 Å². The molecule has 0 aromatic heterocycles. The fourth-order valence-electron chi connectivity index (χ4n) is 2.76. The third-order valence-electron chi connectivity index (χ3n) is 4.82. The van der Waals surface area contributed by atoms with Gasteiger partial charge in [0.15, 0.2) is 0 Å². The maximum absolute atomic E-state index is 10.9. The van der Waals surface area contributed by atoms with Gasteiger partial charge in [-0.2, -0.15) is 0 Å². The highest BCUT2D eigenvalue weighted by Crippen LogP contribution is 2.05. The molecule has 6 N–H and O–H groups in total. The average Bonchev–Trinajstić information content (AvgIpc) is 3.01. The van der Waals surface area contributed by atoms with Crippen molar-refractivity contribution in [3.8, 4) is 0 Å². The van der Waals surface area contributed by atoms with Crippen LogP contribution in [-0.4, -0.2) is 119 Å². The molecule has 0 spiro atoms. The lowest BCUT2D eigenvalue weighted by molar-refractivity contribution is -0.146. The highest BCUT2D eigenvalue weighted by Gasteiger charge is 2.07. The van der Waals surface area contributed by atoms with Crippen molar-refractivity contribution in [1.82, 2.24) is 0 Å². The first-order chi connectivity index (χ1) is 21.0. The van der Waals surface area contributed by atoms with E-state index < -0.39 is 11.9 Å². The maximum Gasteiger partial charge on any atom is 0.335 e. The third-order valence-corrected chi connectivity index (χ3v) is 4.82. The molecular weight excluding hydrogens is 592 g/mol. The molecule has 0 amide bonds. The molecule has 0 heterocycles. The van der Waals surface area contributed by atoms with Crippen molar-refractivity contribution < 1.29 is 78.4 Å². The van der Waals surface area contributed by atoms with Gasteiger partial charge in [-0.3, -0.25) is 19.2 Å². The van der Waals surface area contributed by atoms with Gasteiger partial charge in [-0.05, 0) is 49.9 Å². The highest BCUT2D eigenvalue weighted by molar-refractivity contribution is 5.91. The predicted octanol–water partition coefficient (Wildman–Crippen LogP) is 0.319. The molecule has 0 aliphatic carbocycles. The van der Waals surface area contributed by atoms with Crippen LogP contribution in [0.5, 0.6) is 0 Å². The van der Waals surface area contributed by atoms with Crippen molar-refractivity contribution in [2.24, 2.45) is 0 Å². The topological polar surface area (TPSA) is 261 Å². The standard InChI is InChI=1S/2C10H18O6.C8H6O4/c2*11-5-7-15-9(13)3-1-2-4-10(14)16-8-6-12;9-7(10)5-1-2-6(4-3-5)8(11)12/h2*11-12H,1-8H2;1-4H,(H,9,10)(H,11,12). The Balaban J connectivity index is 0. The van der Waals surface area contributed by atoms with Gasteiger partial charge < -0.3 is 49.6 Å². The summed E-state index contributed by atoms with van der Waals surface area (Å²) in [5, 5.41) is 50.5. The third kappa shape index (κ3) is 26.8. The van der Waals surface area contributed by atoms with Crippen molar-refractivity contribution in [3.63, 3.8) is 0 Å². The minimum Gasteiger partial charge on any atom is -0.478 e. The Morgan fingerprint density at radius 2 is 0.636 bits per heavy atom. The molecular formula is C28H42O16. The molecule has 0 saturated heterocycles. The van der Waals surface area contributed by atoms with E-state index in [1.54, 1.807) is 0 Å². The molecule has 44 heavy (non-hydrogen) atoms. The lowest BCUT2D eigenvalue weighted by atomic mass is 10.1. The van der Waals surface area contributed by atoms with Crippen molar-refractivity contribution in [2.75, 3.05) is 52.9 Å². The first-order valence-electron chi connectivity index (χ1n) is 13.6. The number of carbonyl (C=O) groups is 6. The van der Waals surface area contributed by atoms with Crippen LogP contribution in [0.2, 0.25) is 0 Å². The molecule has 0 atom stereocenters. The fourth-order valence-corrected chi connectivity index (χ4v) is 2.76. The Kier molecular flexibility index (Phi) is 27.7. The number of ether oxygens (including phenoxy) is 4. The highest BCUT2D eigenvalue weighted by atomic mass is 16.6. The van der Waals surface area contributed by atoms with E-state index in [-0.39, 0.29) is 114 Å². The summed E-state index contributed by atoms with van der Waals surface area (Å²) in [4.78, 5) is 64.4. The Morgan fingerprint density at radius 3 is 0.795 bits per heavy atom. The Morgan fingerprint density at radius 1 is 0.432 bits per heavy atom. The summed E-state index contributed by atoms with van der Waals surface area (Å²) in [6.45, 7) is -0.680. The van der Waals surface area contributed by atoms with E-state index in [2.05, 4.69) is 18.9 Å². The van der Waals surface area contributed by atoms with Gasteiger partial charge in [-0.1, -0.05) is 0 Å². The number of carboxylic acids is 2. The summed E-state index contributed by atoms with van der Waals surface area (Å²) in [5.74, 6) is -3.63. The second kappa shape index (κ2) is 29.0. The number of benzene rings is 1. The molecule has 1 rings (SSSR count). The van der Waals surface area contributed by atoms with Crippen LogP contribution in [0, 0.1) is 0 Å². The SMILES string of the molecule is O=C(CCCCC(=O)OCCO)OCCO.O=C(CCCCC(=O)OCCO)OCCO.O=C(O)c1ccc(C(=O)O)cc1. The van der Waals surface area contributed by atoms with Crippen molar-refractivity contribution >= 4 is 35.8 Å². The van der Waals surface area contributed by atoms with Gasteiger partial charge in [0.05, 0.1) is 37.6 Å². The fraction of sp³-hybridized carbons (Fsp3) is 0.571. The van der Waals surface area contributed by atoms with E-state index in [1.165, 1.54) is 24.3 Å². The Hall–Kier alpha value is -4.12. The number of rotatable bonds is 20. The molecule has 250 valence electrons. The lowest BCUT2D eigenvalue weighted by Crippen LogP contribution is -2.10. The molecule has 16 nitrogen and oxygen atoms in total. The summed E-state index contributed by atoms with van der Waals surface area (Å²) in [5.41, 5.74) is 0.167. The molecule has 0 fully saturated rings. The zero-order valence-electron chi connectivity index (χ0n) is 24.4. The molecule has 0 saturated carbocycles. The largest absolute Gasteiger partial charge is 0.478 e. The van der Waals surface area contributed by atoms with E-state index in [9.17, 15) is 28.8 Å². The number of aliphatic hydroxyl groups is 4. The van der Waals surface area contributed by atoms with Crippen LogP contribution in [-0.2, 0) is 38.1 Å². The maximum atomic E-state index is 10.9. The number of hydrogen-bond donors (Lipinski definition) is 6. The first-order valence-corrected chi connectivity index (χ1v) is 13.6. The molecule has 1 aromatic rings. The average molecular weight is 635 g/mol. The van der Waals surface area contributed by atoms with Gasteiger partial charge in [0.2, 0.25) is 0 Å². The van der Waals surface area contributed by atoms with E-state index in [1.807, 2.05) is 0 Å². The van der Waals surface area contributed by atoms with Crippen molar-refractivity contribution in [2.45, 2.75) is 51.4 Å². The zero-order valence-corrected chi connectivity index (χ0v) is 24.4. The van der Waals surface area contributed by atoms with Gasteiger partial charge in [-0.25, -0.2) is 9.59 Å². The van der Waals surface area contributed by atoms with Gasteiger partial charge in [0.25, 0.3) is 0 Å². The lowest BCUT2D eigenvalue weighted by Gasteiger charge is -2.03. The van der Waals surface area contributed by atoms with Gasteiger partial charge in [-0.15, -0.1) is 0 Å². The summed E-state index contributed by atoms with van der Waals surface area (Å²) in [7, 11) is 0. The van der Waals surface area contributed by atoms with Gasteiger partial charge in [0.1, 0.15) is 26.4 Å². The summed E-state index contributed by atoms with van der Waals surface area (Å²) in [6.07, 6.45) is 3.08. The van der Waals surface area contributed by atoms with Crippen LogP contribution in [0.15, 0.2) is 24.3 Å². The van der Waals surface area contributed by atoms with Gasteiger partial charge in [0, 0.05) is 25.7 Å². The number of hydrogen-bond acceptors (Lipinski definition) is 14. The van der Waals surface area contributed by atoms with Crippen LogP contribution < -0.4 is 0 Å². The first kappa shape index (κ1) is 42.0.